The monoisotopic (exact) mass is 820 g/mol. The molecule has 6 aliphatic heterocycles. The number of phenols is 1. The summed E-state index contributed by atoms with van der Waals surface area (Å²) in [6.07, 6.45) is -1.63. The van der Waals surface area contributed by atoms with Crippen LogP contribution in [-0.2, 0) is 31.7 Å². The first-order valence-electron chi connectivity index (χ1n) is 18.5. The molecule has 3 aromatic rings. The quantitative estimate of drug-likeness (QED) is 0.190. The van der Waals surface area contributed by atoms with Crippen molar-refractivity contribution >= 4 is 35.7 Å². The standard InChI is InChI=1S/C41H39F3N4O9S/c1-18-12-22-13-25-26(14-45)48-27-15-54-40(52)24(46-28(50)11-8-21-6-9-23(10-7-21)41(42,43)44)16-58-39(33(48)32(47(25)4)29(22)34(51)35(18)53-5)31-30(27)38-37(55-17-56-38)19(2)36(31)57-20(3)49/h6-12,24-27,32-33,39,51H,13,15-17H2,1-5H3,(H,46,50)/b11-8+/t24-,25-,26-,27-,32+,33?,39+/m0/s1. The Morgan fingerprint density at radius 3 is 2.48 bits per heavy atom. The minimum Gasteiger partial charge on any atom is -0.504 e. The summed E-state index contributed by atoms with van der Waals surface area (Å²) in [6, 6.07) is 4.44. The van der Waals surface area contributed by atoms with E-state index < -0.39 is 65.0 Å². The number of amides is 1. The molecule has 2 N–H and O–H groups in total. The maximum absolute atomic E-state index is 13.9. The number of halogens is 3. The second kappa shape index (κ2) is 14.7. The highest BCUT2D eigenvalue weighted by molar-refractivity contribution is 7.99. The van der Waals surface area contributed by atoms with E-state index >= 15 is 0 Å². The van der Waals surface area contributed by atoms with Crippen molar-refractivity contribution in [3.05, 3.63) is 80.9 Å². The maximum atomic E-state index is 13.9. The van der Waals surface area contributed by atoms with Crippen LogP contribution in [-0.4, -0.2) is 90.2 Å². The van der Waals surface area contributed by atoms with Crippen LogP contribution < -0.4 is 24.3 Å². The number of likely N-dealkylation sites (N-methyl/N-ethyl adjacent to an activating group) is 1. The van der Waals surface area contributed by atoms with E-state index in [4.69, 9.17) is 23.7 Å². The van der Waals surface area contributed by atoms with Crippen molar-refractivity contribution in [2.24, 2.45) is 0 Å². The fraction of sp³-hybridized carbons (Fsp3) is 0.415. The van der Waals surface area contributed by atoms with Crippen molar-refractivity contribution in [2.45, 2.75) is 74.9 Å². The first kappa shape index (κ1) is 39.4. The highest BCUT2D eigenvalue weighted by atomic mass is 32.2. The van der Waals surface area contributed by atoms with Gasteiger partial charge in [0.1, 0.15) is 24.4 Å². The van der Waals surface area contributed by atoms with E-state index in [1.54, 1.807) is 6.92 Å². The number of nitriles is 1. The SMILES string of the molecule is COc1c(C)cc2c(c1O)[C@@H]1C3[C@@H]4SC[C@H](NC(=O)/C=C/c5ccc(C(F)(F)F)cc5)C(=O)OC[C@@H](c5c6c(c(C)c(OC(C)=O)c54)OCO6)N3[C@@H](C#N)[C@H](C2)N1C. The highest BCUT2D eigenvalue weighted by Crippen LogP contribution is 2.64. The van der Waals surface area contributed by atoms with E-state index in [2.05, 4.69) is 16.3 Å². The molecule has 17 heteroatoms. The predicted molar refractivity (Wildman–Crippen MR) is 202 cm³/mol. The topological polar surface area (TPSA) is 160 Å². The number of piperazine rings is 1. The number of aromatic hydroxyl groups is 1. The minimum absolute atomic E-state index is 0.0279. The predicted octanol–water partition coefficient (Wildman–Crippen LogP) is 5.45. The summed E-state index contributed by atoms with van der Waals surface area (Å²) in [5.41, 5.74) is 3.36. The summed E-state index contributed by atoms with van der Waals surface area (Å²) in [5, 5.41) is 25.0. The molecule has 58 heavy (non-hydrogen) atoms. The van der Waals surface area contributed by atoms with Crippen molar-refractivity contribution in [3.8, 4) is 34.8 Å². The smallest absolute Gasteiger partial charge is 0.416 e. The van der Waals surface area contributed by atoms with Gasteiger partial charge in [0.15, 0.2) is 23.0 Å². The lowest BCUT2D eigenvalue weighted by Gasteiger charge is -2.61. The molecule has 2 fully saturated rings. The van der Waals surface area contributed by atoms with Gasteiger partial charge in [-0.3, -0.25) is 19.4 Å². The van der Waals surface area contributed by atoms with Gasteiger partial charge in [0, 0.05) is 53.1 Å². The number of hydrogen-bond donors (Lipinski definition) is 2. The average molecular weight is 821 g/mol. The number of alkyl halides is 3. The first-order chi connectivity index (χ1) is 27.6. The Hall–Kier alpha value is -5.44. The number of aryl methyl sites for hydroxylation is 1. The van der Waals surface area contributed by atoms with Gasteiger partial charge in [-0.1, -0.05) is 18.2 Å². The van der Waals surface area contributed by atoms with Gasteiger partial charge in [0.25, 0.3) is 0 Å². The Morgan fingerprint density at radius 2 is 1.81 bits per heavy atom. The lowest BCUT2D eigenvalue weighted by Crippen LogP contribution is -2.69. The maximum Gasteiger partial charge on any atom is 0.416 e. The molecule has 0 aromatic heterocycles. The number of hydrogen-bond acceptors (Lipinski definition) is 13. The number of phenolic OH excluding ortho intramolecular Hbond substituents is 1. The average Bonchev–Trinajstić information content (AvgIpc) is 3.67. The lowest BCUT2D eigenvalue weighted by atomic mass is 9.71. The Bertz CT molecular complexity index is 2300. The first-order valence-corrected chi connectivity index (χ1v) is 19.6. The number of ether oxygens (including phenoxy) is 5. The van der Waals surface area contributed by atoms with Gasteiger partial charge >= 0.3 is 18.1 Å². The molecule has 9 rings (SSSR count). The summed E-state index contributed by atoms with van der Waals surface area (Å²) >= 11 is 1.28. The van der Waals surface area contributed by atoms with Crippen LogP contribution in [0.3, 0.4) is 0 Å². The molecule has 7 atom stereocenters. The summed E-state index contributed by atoms with van der Waals surface area (Å²) < 4.78 is 69.0. The molecule has 2 saturated heterocycles. The van der Waals surface area contributed by atoms with Crippen molar-refractivity contribution < 1.29 is 56.3 Å². The third kappa shape index (κ3) is 6.38. The molecule has 6 aliphatic rings. The Kier molecular flexibility index (Phi) is 10.0. The number of carbonyl (C=O) groups is 3. The zero-order valence-electron chi connectivity index (χ0n) is 32.0. The molecular weight excluding hydrogens is 782 g/mol. The van der Waals surface area contributed by atoms with Crippen LogP contribution in [0.4, 0.5) is 13.2 Å². The third-order valence-corrected chi connectivity index (χ3v) is 13.0. The summed E-state index contributed by atoms with van der Waals surface area (Å²) in [5.74, 6) is -0.814. The molecule has 0 aliphatic carbocycles. The molecule has 1 unspecified atom stereocenters. The van der Waals surface area contributed by atoms with E-state index in [-0.39, 0.29) is 36.7 Å². The van der Waals surface area contributed by atoms with Crippen LogP contribution in [0.15, 0.2) is 36.4 Å². The number of rotatable bonds is 5. The van der Waals surface area contributed by atoms with E-state index in [1.807, 2.05) is 24.9 Å². The number of fused-ring (bicyclic) bond motifs is 10. The number of nitrogens with zero attached hydrogens (tertiary/aromatic N) is 3. The fourth-order valence-electron chi connectivity index (χ4n) is 9.24. The van der Waals surface area contributed by atoms with Gasteiger partial charge in [-0.05, 0) is 62.2 Å². The van der Waals surface area contributed by atoms with E-state index in [1.165, 1.54) is 44.0 Å². The summed E-state index contributed by atoms with van der Waals surface area (Å²) in [4.78, 5) is 44.1. The van der Waals surface area contributed by atoms with E-state index in [0.717, 1.165) is 29.3 Å². The number of esters is 2. The second-order valence-corrected chi connectivity index (χ2v) is 16.1. The van der Waals surface area contributed by atoms with Gasteiger partial charge in [0.2, 0.25) is 12.7 Å². The molecule has 4 bridgehead atoms. The van der Waals surface area contributed by atoms with Crippen LogP contribution in [0, 0.1) is 25.2 Å². The van der Waals surface area contributed by atoms with Gasteiger partial charge in [-0.15, -0.1) is 11.8 Å². The van der Waals surface area contributed by atoms with Crippen LogP contribution >= 0.6 is 11.8 Å². The molecule has 304 valence electrons. The van der Waals surface area contributed by atoms with Crippen molar-refractivity contribution in [1.82, 2.24) is 15.1 Å². The highest BCUT2D eigenvalue weighted by Gasteiger charge is 2.60. The van der Waals surface area contributed by atoms with E-state index in [9.17, 15) is 37.9 Å². The lowest BCUT2D eigenvalue weighted by molar-refractivity contribution is -0.152. The number of nitrogens with one attached hydrogen (secondary N) is 1. The summed E-state index contributed by atoms with van der Waals surface area (Å²) in [6.45, 7) is 4.46. The molecule has 13 nitrogen and oxygen atoms in total. The van der Waals surface area contributed by atoms with Crippen molar-refractivity contribution in [1.29, 1.82) is 5.26 Å². The summed E-state index contributed by atoms with van der Waals surface area (Å²) in [7, 11) is 3.40. The Morgan fingerprint density at radius 1 is 1.09 bits per heavy atom. The normalized spacial score (nSPS) is 26.2. The zero-order chi connectivity index (χ0) is 41.4. The van der Waals surface area contributed by atoms with Gasteiger partial charge in [-0.25, -0.2) is 4.79 Å². The molecule has 0 radical (unpaired) electrons. The number of methoxy groups -OCH3 is 1. The van der Waals surface area contributed by atoms with Crippen LogP contribution in [0.5, 0.6) is 28.7 Å². The van der Waals surface area contributed by atoms with E-state index in [0.29, 0.717) is 51.5 Å². The van der Waals surface area contributed by atoms with Crippen LogP contribution in [0.2, 0.25) is 0 Å². The third-order valence-electron chi connectivity index (χ3n) is 11.6. The molecule has 0 saturated carbocycles. The molecule has 0 spiro atoms. The van der Waals surface area contributed by atoms with Crippen molar-refractivity contribution in [2.75, 3.05) is 33.3 Å². The number of thioether (sulfide) groups is 1. The van der Waals surface area contributed by atoms with Crippen LogP contribution in [0.25, 0.3) is 6.08 Å². The minimum atomic E-state index is -4.51. The molecule has 3 aromatic carbocycles. The number of benzene rings is 3. The molecule has 6 heterocycles. The van der Waals surface area contributed by atoms with Gasteiger partial charge in [0.05, 0.1) is 36.1 Å². The second-order valence-electron chi connectivity index (χ2n) is 14.9. The van der Waals surface area contributed by atoms with Gasteiger partial charge < -0.3 is 34.1 Å². The largest absolute Gasteiger partial charge is 0.504 e. The Labute approximate surface area is 335 Å². The Balaban J connectivity index is 1.25. The van der Waals surface area contributed by atoms with Crippen molar-refractivity contribution in [3.63, 3.8) is 0 Å². The molecular formula is C41H39F3N4O9S. The van der Waals surface area contributed by atoms with Crippen LogP contribution in [0.1, 0.15) is 68.8 Å². The van der Waals surface area contributed by atoms with Gasteiger partial charge in [-0.2, -0.15) is 18.4 Å². The number of carbonyl (C=O) groups excluding carboxylic acids is 3. The molecule has 1 amide bonds. The zero-order valence-corrected chi connectivity index (χ0v) is 32.8. The fourth-order valence-corrected chi connectivity index (χ4v) is 10.7.